The fourth-order valence-corrected chi connectivity index (χ4v) is 4.03. The van der Waals surface area contributed by atoms with E-state index in [9.17, 15) is 24.6 Å². The summed E-state index contributed by atoms with van der Waals surface area (Å²) >= 11 is 6.34. The number of nitrogens with one attached hydrogen (secondary N) is 2. The van der Waals surface area contributed by atoms with Crippen molar-refractivity contribution in [2.75, 3.05) is 0 Å². The Morgan fingerprint density at radius 1 is 1.17 bits per heavy atom. The molecule has 0 bridgehead atoms. The highest BCUT2D eigenvalue weighted by molar-refractivity contribution is 6.32. The summed E-state index contributed by atoms with van der Waals surface area (Å²) in [5, 5.41) is 23.4. The van der Waals surface area contributed by atoms with Crippen molar-refractivity contribution in [1.29, 1.82) is 0 Å². The van der Waals surface area contributed by atoms with Gasteiger partial charge in [0.2, 0.25) is 0 Å². The summed E-state index contributed by atoms with van der Waals surface area (Å²) in [5.74, 6) is -1.73. The molecule has 2 atom stereocenters. The molecule has 2 heterocycles. The molecular formula is C25H23ClN2O7. The number of aromatic hydroxyl groups is 1. The van der Waals surface area contributed by atoms with E-state index in [0.717, 1.165) is 11.1 Å². The molecule has 35 heavy (non-hydrogen) atoms. The molecule has 4 aromatic rings. The van der Waals surface area contributed by atoms with Crippen molar-refractivity contribution in [3.05, 3.63) is 68.7 Å². The molecule has 0 fully saturated rings. The highest BCUT2D eigenvalue weighted by Crippen LogP contribution is 2.32. The molecule has 4 N–H and O–H groups in total. The number of carbonyl (C=O) groups is 2. The second-order valence-electron chi connectivity index (χ2n) is 8.33. The van der Waals surface area contributed by atoms with E-state index < -0.39 is 29.6 Å². The van der Waals surface area contributed by atoms with Gasteiger partial charge in [0.05, 0.1) is 5.02 Å². The van der Waals surface area contributed by atoms with Crippen LogP contribution >= 0.6 is 11.6 Å². The van der Waals surface area contributed by atoms with E-state index in [2.05, 4.69) is 10.3 Å². The lowest BCUT2D eigenvalue weighted by Crippen LogP contribution is -2.47. The lowest BCUT2D eigenvalue weighted by molar-refractivity contribution is -0.142. The van der Waals surface area contributed by atoms with Crippen LogP contribution in [0.3, 0.4) is 0 Å². The number of aromatic amines is 1. The number of hydrogen-bond acceptors (Lipinski definition) is 6. The number of aromatic nitrogens is 1. The average Bonchev–Trinajstić information content (AvgIpc) is 3.20. The van der Waals surface area contributed by atoms with E-state index in [1.807, 2.05) is 0 Å². The number of H-pyrrole nitrogens is 1. The van der Waals surface area contributed by atoms with Crippen molar-refractivity contribution in [3.8, 4) is 11.5 Å². The number of hydrogen-bond donors (Lipinski definition) is 4. The first-order valence-electron chi connectivity index (χ1n) is 10.8. The predicted molar refractivity (Wildman–Crippen MR) is 130 cm³/mol. The SMILES string of the molecule is Cc1c(C)c2cc(Cl)c(O[C@H](C)C(=O)N[C@H](Cc3c[nH]c4ccc(O)cc34)C(=O)O)cc2oc1=O. The molecule has 9 nitrogen and oxygen atoms in total. The molecule has 0 aliphatic heterocycles. The van der Waals surface area contributed by atoms with Gasteiger partial charge in [0, 0.05) is 40.5 Å². The molecule has 2 aromatic heterocycles. The van der Waals surface area contributed by atoms with Crippen molar-refractivity contribution >= 4 is 45.3 Å². The first-order chi connectivity index (χ1) is 16.5. The summed E-state index contributed by atoms with van der Waals surface area (Å²) < 4.78 is 11.0. The maximum absolute atomic E-state index is 12.8. The Balaban J connectivity index is 1.52. The summed E-state index contributed by atoms with van der Waals surface area (Å²) in [7, 11) is 0. The van der Waals surface area contributed by atoms with E-state index in [1.54, 1.807) is 32.2 Å². The third kappa shape index (κ3) is 4.81. The van der Waals surface area contributed by atoms with Crippen molar-refractivity contribution in [3.63, 3.8) is 0 Å². The summed E-state index contributed by atoms with van der Waals surface area (Å²) in [6.07, 6.45) is 0.521. The number of aryl methyl sites for hydroxylation is 1. The van der Waals surface area contributed by atoms with Crippen molar-refractivity contribution in [2.24, 2.45) is 0 Å². The Hall–Kier alpha value is -3.98. The van der Waals surface area contributed by atoms with Gasteiger partial charge in [0.25, 0.3) is 5.91 Å². The van der Waals surface area contributed by atoms with Crippen LogP contribution in [0.25, 0.3) is 21.9 Å². The Morgan fingerprint density at radius 3 is 2.63 bits per heavy atom. The van der Waals surface area contributed by atoms with Gasteiger partial charge in [0.15, 0.2) is 6.10 Å². The summed E-state index contributed by atoms with van der Waals surface area (Å²) in [6, 6.07) is 6.50. The van der Waals surface area contributed by atoms with Gasteiger partial charge in [-0.15, -0.1) is 0 Å². The monoisotopic (exact) mass is 498 g/mol. The summed E-state index contributed by atoms with van der Waals surface area (Å²) in [6.45, 7) is 4.89. The third-order valence-electron chi connectivity index (χ3n) is 5.97. The number of phenols is 1. The van der Waals surface area contributed by atoms with Crippen LogP contribution in [0.15, 0.2) is 45.7 Å². The highest BCUT2D eigenvalue weighted by Gasteiger charge is 2.26. The smallest absolute Gasteiger partial charge is 0.339 e. The van der Waals surface area contributed by atoms with Crippen LogP contribution in [-0.4, -0.2) is 39.2 Å². The van der Waals surface area contributed by atoms with Crippen LogP contribution in [0.5, 0.6) is 11.5 Å². The topological polar surface area (TPSA) is 142 Å². The van der Waals surface area contributed by atoms with E-state index in [4.69, 9.17) is 20.8 Å². The molecule has 0 spiro atoms. The third-order valence-corrected chi connectivity index (χ3v) is 6.27. The Kier molecular flexibility index (Phi) is 6.45. The van der Waals surface area contributed by atoms with Crippen LogP contribution in [-0.2, 0) is 16.0 Å². The number of fused-ring (bicyclic) bond motifs is 2. The number of carboxylic acids is 1. The molecule has 182 valence electrons. The van der Waals surface area contributed by atoms with Gasteiger partial charge in [-0.3, -0.25) is 4.79 Å². The quantitative estimate of drug-likeness (QED) is 0.284. The number of halogens is 1. The van der Waals surface area contributed by atoms with Crippen LogP contribution < -0.4 is 15.7 Å². The minimum absolute atomic E-state index is 0.0161. The van der Waals surface area contributed by atoms with Crippen molar-refractivity contribution < 1.29 is 29.0 Å². The first kappa shape index (κ1) is 24.2. The molecule has 0 saturated heterocycles. The number of rotatable bonds is 7. The van der Waals surface area contributed by atoms with Crippen LogP contribution in [0.2, 0.25) is 5.02 Å². The number of benzene rings is 2. The zero-order chi connectivity index (χ0) is 25.4. The largest absolute Gasteiger partial charge is 0.508 e. The minimum atomic E-state index is -1.24. The Bertz CT molecular complexity index is 1520. The van der Waals surface area contributed by atoms with E-state index in [1.165, 1.54) is 25.1 Å². The fourth-order valence-electron chi connectivity index (χ4n) is 3.82. The molecule has 2 aromatic carbocycles. The normalized spacial score (nSPS) is 13.0. The molecule has 0 aliphatic carbocycles. The highest BCUT2D eigenvalue weighted by atomic mass is 35.5. The van der Waals surface area contributed by atoms with Gasteiger partial charge in [-0.05, 0) is 56.2 Å². The first-order valence-corrected chi connectivity index (χ1v) is 11.1. The van der Waals surface area contributed by atoms with Crippen LogP contribution in [0, 0.1) is 13.8 Å². The van der Waals surface area contributed by atoms with E-state index in [0.29, 0.717) is 21.9 Å². The average molecular weight is 499 g/mol. The van der Waals surface area contributed by atoms with Gasteiger partial charge >= 0.3 is 11.6 Å². The lowest BCUT2D eigenvalue weighted by atomic mass is 10.0. The van der Waals surface area contributed by atoms with Gasteiger partial charge in [-0.1, -0.05) is 11.6 Å². The Labute approximate surface area is 204 Å². The van der Waals surface area contributed by atoms with Crippen molar-refractivity contribution in [1.82, 2.24) is 10.3 Å². The number of aliphatic carboxylic acids is 1. The molecule has 1 amide bonds. The summed E-state index contributed by atoms with van der Waals surface area (Å²) in [5.41, 5.74) is 2.33. The predicted octanol–water partition coefficient (Wildman–Crippen LogP) is 3.83. The molecule has 0 aliphatic rings. The number of ether oxygens (including phenoxy) is 1. The van der Waals surface area contributed by atoms with Crippen LogP contribution in [0.4, 0.5) is 0 Å². The molecule has 4 rings (SSSR count). The lowest BCUT2D eigenvalue weighted by Gasteiger charge is -2.19. The zero-order valence-electron chi connectivity index (χ0n) is 19.1. The van der Waals surface area contributed by atoms with E-state index >= 15 is 0 Å². The molecular weight excluding hydrogens is 476 g/mol. The van der Waals surface area contributed by atoms with Gasteiger partial charge in [0.1, 0.15) is 23.1 Å². The molecule has 0 unspecified atom stereocenters. The number of amides is 1. The van der Waals surface area contributed by atoms with Gasteiger partial charge < -0.3 is 29.7 Å². The molecule has 10 heteroatoms. The number of phenolic OH excluding ortho intramolecular Hbond substituents is 1. The zero-order valence-corrected chi connectivity index (χ0v) is 19.9. The fraction of sp³-hybridized carbons (Fsp3) is 0.240. The second-order valence-corrected chi connectivity index (χ2v) is 8.73. The molecule has 0 saturated carbocycles. The van der Waals surface area contributed by atoms with Gasteiger partial charge in [-0.2, -0.15) is 0 Å². The second kappa shape index (κ2) is 9.34. The van der Waals surface area contributed by atoms with Gasteiger partial charge in [-0.25, -0.2) is 9.59 Å². The minimum Gasteiger partial charge on any atom is -0.508 e. The maximum Gasteiger partial charge on any atom is 0.339 e. The standard InChI is InChI=1S/C25H23ClN2O7/c1-11-12(2)25(33)35-21-9-22(18(26)8-16(11)21)34-13(3)23(30)28-20(24(31)32)6-14-10-27-19-5-4-15(29)7-17(14)19/h4-5,7-10,13,20,27,29H,6H2,1-3H3,(H,28,30)(H,31,32)/t13-,20-/m1/s1. The van der Waals surface area contributed by atoms with Crippen molar-refractivity contribution in [2.45, 2.75) is 39.3 Å². The van der Waals surface area contributed by atoms with E-state index in [-0.39, 0.29) is 28.5 Å². The Morgan fingerprint density at radius 2 is 1.91 bits per heavy atom. The maximum atomic E-state index is 12.8. The summed E-state index contributed by atoms with van der Waals surface area (Å²) in [4.78, 5) is 39.7. The number of carboxylic acid groups (broad SMARTS) is 1. The number of carbonyl (C=O) groups excluding carboxylic acids is 1. The molecule has 0 radical (unpaired) electrons. The van der Waals surface area contributed by atoms with Crippen LogP contribution in [0.1, 0.15) is 23.6 Å².